The molecule has 0 aromatic heterocycles. The van der Waals surface area contributed by atoms with Gasteiger partial charge in [0.15, 0.2) is 15.4 Å². The molecule has 0 spiro atoms. The number of carbonyl (C=O) groups excluding carboxylic acids is 1. The molecule has 0 aromatic rings. The van der Waals surface area contributed by atoms with Crippen molar-refractivity contribution in [3.63, 3.8) is 0 Å². The molecule has 2 rings (SSSR count). The van der Waals surface area contributed by atoms with E-state index in [-0.39, 0.29) is 12.2 Å². The molecule has 1 fully saturated rings. The minimum atomic E-state index is -3.30. The van der Waals surface area contributed by atoms with Crippen molar-refractivity contribution in [1.29, 1.82) is 0 Å². The van der Waals surface area contributed by atoms with Gasteiger partial charge in [-0.15, -0.1) is 0 Å². The lowest BCUT2D eigenvalue weighted by molar-refractivity contribution is -0.126. The molecular formula is C6H9N3O4S. The molecule has 0 aliphatic carbocycles. The standard InChI is InChI=1S/C6H9N3O4S/c10-5-6(9-11)3-14(12,13)2-1-4(6)7-8-5/h9,11H,1-3H2,(H,8,10). The van der Waals surface area contributed by atoms with Crippen molar-refractivity contribution < 1.29 is 18.4 Å². The molecule has 1 saturated heterocycles. The Morgan fingerprint density at radius 3 is 2.93 bits per heavy atom. The molecule has 1 unspecified atom stereocenters. The summed E-state index contributed by atoms with van der Waals surface area (Å²) in [4.78, 5) is 11.3. The summed E-state index contributed by atoms with van der Waals surface area (Å²) in [5, 5.41) is 12.6. The maximum Gasteiger partial charge on any atom is 0.269 e. The predicted molar refractivity (Wildman–Crippen MR) is 46.5 cm³/mol. The maximum atomic E-state index is 11.3. The van der Waals surface area contributed by atoms with Crippen molar-refractivity contribution in [3.05, 3.63) is 0 Å². The van der Waals surface area contributed by atoms with E-state index >= 15 is 0 Å². The Balaban J connectivity index is 2.46. The summed E-state index contributed by atoms with van der Waals surface area (Å²) < 4.78 is 22.6. The molecule has 0 aromatic carbocycles. The Hall–Kier alpha value is -0.990. The first-order valence-corrected chi connectivity index (χ1v) is 5.81. The number of carbonyl (C=O) groups is 1. The lowest BCUT2D eigenvalue weighted by atomic mass is 9.94. The number of nitrogens with one attached hydrogen (secondary N) is 2. The van der Waals surface area contributed by atoms with Gasteiger partial charge in [-0.05, 0) is 0 Å². The monoisotopic (exact) mass is 219 g/mol. The van der Waals surface area contributed by atoms with Gasteiger partial charge in [-0.1, -0.05) is 0 Å². The summed E-state index contributed by atoms with van der Waals surface area (Å²) in [5.41, 5.74) is 2.70. The zero-order valence-corrected chi connectivity index (χ0v) is 7.97. The highest BCUT2D eigenvalue weighted by atomic mass is 32.2. The van der Waals surface area contributed by atoms with Gasteiger partial charge < -0.3 is 5.21 Å². The van der Waals surface area contributed by atoms with Crippen LogP contribution in [0.3, 0.4) is 0 Å². The number of fused-ring (bicyclic) bond motifs is 1. The second kappa shape index (κ2) is 2.75. The lowest BCUT2D eigenvalue weighted by Gasteiger charge is -2.29. The van der Waals surface area contributed by atoms with Crippen LogP contribution >= 0.6 is 0 Å². The number of sulfone groups is 1. The van der Waals surface area contributed by atoms with Gasteiger partial charge in [0, 0.05) is 6.42 Å². The average molecular weight is 219 g/mol. The Morgan fingerprint density at radius 2 is 2.29 bits per heavy atom. The number of hydrogen-bond acceptors (Lipinski definition) is 6. The maximum absolute atomic E-state index is 11.3. The van der Waals surface area contributed by atoms with Crippen molar-refractivity contribution >= 4 is 21.5 Å². The smallest absolute Gasteiger partial charge is 0.269 e. The summed E-state index contributed by atoms with van der Waals surface area (Å²) in [7, 11) is -3.30. The van der Waals surface area contributed by atoms with Crippen molar-refractivity contribution in [2.24, 2.45) is 5.10 Å². The van der Waals surface area contributed by atoms with Crippen molar-refractivity contribution in [3.8, 4) is 0 Å². The third-order valence-corrected chi connectivity index (χ3v) is 4.15. The zero-order valence-electron chi connectivity index (χ0n) is 7.15. The van der Waals surface area contributed by atoms with Crippen LogP contribution in [0.5, 0.6) is 0 Å². The van der Waals surface area contributed by atoms with Crippen LogP contribution in [0.4, 0.5) is 0 Å². The number of hydrazone groups is 1. The molecule has 8 heteroatoms. The van der Waals surface area contributed by atoms with E-state index in [1.54, 1.807) is 5.48 Å². The van der Waals surface area contributed by atoms with E-state index in [2.05, 4.69) is 10.5 Å². The molecule has 2 heterocycles. The normalized spacial score (nSPS) is 34.6. The number of hydroxylamine groups is 1. The first-order valence-electron chi connectivity index (χ1n) is 3.99. The van der Waals surface area contributed by atoms with Crippen LogP contribution in [0.15, 0.2) is 5.10 Å². The van der Waals surface area contributed by atoms with Gasteiger partial charge >= 0.3 is 0 Å². The number of amides is 1. The highest BCUT2D eigenvalue weighted by molar-refractivity contribution is 7.91. The molecule has 7 nitrogen and oxygen atoms in total. The second-order valence-corrected chi connectivity index (χ2v) is 5.54. The summed E-state index contributed by atoms with van der Waals surface area (Å²) in [6.07, 6.45) is 0.161. The van der Waals surface area contributed by atoms with Crippen LogP contribution in [0, 0.1) is 0 Å². The fourth-order valence-corrected chi connectivity index (χ4v) is 3.33. The van der Waals surface area contributed by atoms with Crippen LogP contribution in [0.2, 0.25) is 0 Å². The van der Waals surface area contributed by atoms with E-state index in [0.717, 1.165) is 0 Å². The molecule has 0 saturated carbocycles. The first-order chi connectivity index (χ1) is 6.50. The SMILES string of the molecule is O=C1NN=C2CCS(=O)(=O)CC12NO. The molecule has 2 aliphatic rings. The lowest BCUT2D eigenvalue weighted by Crippen LogP contribution is -2.63. The van der Waals surface area contributed by atoms with Gasteiger partial charge in [0.2, 0.25) is 0 Å². The molecule has 14 heavy (non-hydrogen) atoms. The molecular weight excluding hydrogens is 210 g/mol. The third-order valence-electron chi connectivity index (χ3n) is 2.45. The molecule has 78 valence electrons. The van der Waals surface area contributed by atoms with Crippen LogP contribution in [0.25, 0.3) is 0 Å². The van der Waals surface area contributed by atoms with Gasteiger partial charge in [0.1, 0.15) is 0 Å². The van der Waals surface area contributed by atoms with E-state index in [1.165, 1.54) is 0 Å². The summed E-state index contributed by atoms with van der Waals surface area (Å²) in [5.74, 6) is -1.11. The fourth-order valence-electron chi connectivity index (χ4n) is 1.66. The van der Waals surface area contributed by atoms with Gasteiger partial charge in [-0.25, -0.2) is 13.8 Å². The Kier molecular flexibility index (Phi) is 1.88. The third kappa shape index (κ3) is 1.15. The second-order valence-electron chi connectivity index (χ2n) is 3.36. The Labute approximate surface area is 80.1 Å². The highest BCUT2D eigenvalue weighted by Gasteiger charge is 2.53. The zero-order chi connectivity index (χ0) is 10.4. The predicted octanol–water partition coefficient (Wildman–Crippen LogP) is -1.99. The van der Waals surface area contributed by atoms with Gasteiger partial charge in [0.25, 0.3) is 5.91 Å². The Morgan fingerprint density at radius 1 is 1.57 bits per heavy atom. The summed E-state index contributed by atoms with van der Waals surface area (Å²) >= 11 is 0. The summed E-state index contributed by atoms with van der Waals surface area (Å²) in [6, 6.07) is 0. The minimum Gasteiger partial charge on any atom is -0.315 e. The van der Waals surface area contributed by atoms with Gasteiger partial charge in [0.05, 0.1) is 17.2 Å². The number of rotatable bonds is 1. The van der Waals surface area contributed by atoms with Crippen molar-refractivity contribution in [1.82, 2.24) is 10.9 Å². The van der Waals surface area contributed by atoms with Crippen LogP contribution in [0.1, 0.15) is 6.42 Å². The molecule has 2 aliphatic heterocycles. The molecule has 3 N–H and O–H groups in total. The molecule has 1 atom stereocenters. The van der Waals surface area contributed by atoms with Crippen LogP contribution in [-0.4, -0.2) is 42.3 Å². The Bertz CT molecular complexity index is 415. The van der Waals surface area contributed by atoms with Crippen LogP contribution in [-0.2, 0) is 14.6 Å². The fraction of sp³-hybridized carbons (Fsp3) is 0.667. The molecule has 1 amide bonds. The number of nitrogens with zero attached hydrogens (tertiary/aromatic N) is 1. The van der Waals surface area contributed by atoms with Gasteiger partial charge in [-0.3, -0.25) is 4.79 Å². The largest absolute Gasteiger partial charge is 0.315 e. The minimum absolute atomic E-state index is 0.0375. The van der Waals surface area contributed by atoms with E-state index in [0.29, 0.717) is 5.71 Å². The topological polar surface area (TPSA) is 108 Å². The first kappa shape index (κ1) is 9.56. The van der Waals surface area contributed by atoms with E-state index in [1.807, 2.05) is 0 Å². The highest BCUT2D eigenvalue weighted by Crippen LogP contribution is 2.24. The summed E-state index contributed by atoms with van der Waals surface area (Å²) in [6.45, 7) is 0. The molecule has 0 bridgehead atoms. The average Bonchev–Trinajstić information content (AvgIpc) is 2.43. The van der Waals surface area contributed by atoms with E-state index < -0.39 is 27.0 Å². The van der Waals surface area contributed by atoms with Crippen molar-refractivity contribution in [2.75, 3.05) is 11.5 Å². The van der Waals surface area contributed by atoms with Crippen molar-refractivity contribution in [2.45, 2.75) is 12.0 Å². The number of hydrogen-bond donors (Lipinski definition) is 3. The molecule has 0 radical (unpaired) electrons. The quantitative estimate of drug-likeness (QED) is 0.442. The van der Waals surface area contributed by atoms with Crippen LogP contribution < -0.4 is 10.9 Å². The van der Waals surface area contributed by atoms with Gasteiger partial charge in [-0.2, -0.15) is 10.6 Å². The van der Waals surface area contributed by atoms with E-state index in [9.17, 15) is 13.2 Å². The van der Waals surface area contributed by atoms with E-state index in [4.69, 9.17) is 5.21 Å².